The highest BCUT2D eigenvalue weighted by Gasteiger charge is 2.42. The maximum absolute atomic E-state index is 6.70. The molecule has 0 unspecified atom stereocenters. The summed E-state index contributed by atoms with van der Waals surface area (Å²) in [7, 11) is 1.64. The maximum Gasteiger partial charge on any atom is 0.174 e. The number of hydrogen-bond donors (Lipinski definition) is 1. The number of aryl methyl sites for hydroxylation is 4. The van der Waals surface area contributed by atoms with Gasteiger partial charge in [0.1, 0.15) is 12.4 Å². The van der Waals surface area contributed by atoms with E-state index in [1.807, 2.05) is 42.6 Å². The highest BCUT2D eigenvalue weighted by Crippen LogP contribution is 2.45. The molecule has 1 N–H and O–H groups in total. The van der Waals surface area contributed by atoms with Crippen LogP contribution in [0, 0.1) is 34.6 Å². The first-order valence-corrected chi connectivity index (χ1v) is 14.2. The van der Waals surface area contributed by atoms with Crippen molar-refractivity contribution in [3.63, 3.8) is 0 Å². The fourth-order valence-corrected chi connectivity index (χ4v) is 6.47. The van der Waals surface area contributed by atoms with E-state index in [1.165, 1.54) is 39.3 Å². The van der Waals surface area contributed by atoms with Crippen molar-refractivity contribution in [1.29, 1.82) is 0 Å². The van der Waals surface area contributed by atoms with Crippen molar-refractivity contribution in [3.05, 3.63) is 105 Å². The zero-order valence-electron chi connectivity index (χ0n) is 23.8. The fraction of sp³-hybridized carbons (Fsp3) is 0.312. The first-order valence-electron chi connectivity index (χ1n) is 13.4. The number of methoxy groups -OCH3 is 1. The summed E-state index contributed by atoms with van der Waals surface area (Å²) in [6.07, 6.45) is 1.82. The summed E-state index contributed by atoms with van der Waals surface area (Å²) in [6.45, 7) is 11.8. The number of ether oxygens (including phenoxy) is 2. The Labute approximate surface area is 246 Å². The second-order valence-electron chi connectivity index (χ2n) is 10.4. The normalized spacial score (nSPS) is 16.9. The molecule has 0 bridgehead atoms. The van der Waals surface area contributed by atoms with E-state index in [9.17, 15) is 0 Å². The van der Waals surface area contributed by atoms with Crippen molar-refractivity contribution in [1.82, 2.24) is 14.9 Å². The van der Waals surface area contributed by atoms with E-state index in [2.05, 4.69) is 67.6 Å². The van der Waals surface area contributed by atoms with Gasteiger partial charge in [0.05, 0.1) is 35.1 Å². The minimum atomic E-state index is -0.153. The second-order valence-corrected chi connectivity index (χ2v) is 11.2. The third kappa shape index (κ3) is 5.21. The van der Waals surface area contributed by atoms with Gasteiger partial charge in [-0.15, -0.1) is 0 Å². The van der Waals surface area contributed by atoms with E-state index in [0.29, 0.717) is 29.1 Å². The molecule has 0 spiro atoms. The van der Waals surface area contributed by atoms with E-state index in [4.69, 9.17) is 38.3 Å². The number of anilines is 1. The van der Waals surface area contributed by atoms with E-state index in [1.54, 1.807) is 7.11 Å². The van der Waals surface area contributed by atoms with E-state index >= 15 is 0 Å². The Balaban J connectivity index is 1.64. The van der Waals surface area contributed by atoms with Crippen molar-refractivity contribution in [2.24, 2.45) is 0 Å². The summed E-state index contributed by atoms with van der Waals surface area (Å²) in [5.74, 6) is 0.613. The quantitative estimate of drug-likeness (QED) is 0.176. The van der Waals surface area contributed by atoms with Crippen LogP contribution in [-0.2, 0) is 4.74 Å². The molecule has 5 rings (SSSR count). The molecule has 3 heterocycles. The molecule has 0 aliphatic carbocycles. The van der Waals surface area contributed by atoms with Gasteiger partial charge in [-0.2, -0.15) is 0 Å². The summed E-state index contributed by atoms with van der Waals surface area (Å²) in [5, 5.41) is 4.71. The number of aromatic nitrogens is 2. The lowest BCUT2D eigenvalue weighted by Gasteiger charge is -2.28. The molecule has 6 nitrogen and oxygen atoms in total. The molecular formula is C32H35ClN4O2S. The lowest BCUT2D eigenvalue weighted by atomic mass is 9.96. The Kier molecular flexibility index (Phi) is 8.17. The Morgan fingerprint density at radius 3 is 2.38 bits per heavy atom. The number of rotatable bonds is 8. The van der Waals surface area contributed by atoms with Gasteiger partial charge in [0, 0.05) is 30.4 Å². The molecule has 0 radical (unpaired) electrons. The lowest BCUT2D eigenvalue weighted by Crippen LogP contribution is -2.29. The minimum absolute atomic E-state index is 0.148. The summed E-state index contributed by atoms with van der Waals surface area (Å²) in [5.41, 5.74) is 10.3. The summed E-state index contributed by atoms with van der Waals surface area (Å²) >= 11 is 12.7. The van der Waals surface area contributed by atoms with Crippen molar-refractivity contribution in [2.75, 3.05) is 25.2 Å². The molecule has 1 saturated heterocycles. The average Bonchev–Trinajstić information content (AvgIpc) is 3.40. The van der Waals surface area contributed by atoms with Crippen LogP contribution in [0.4, 0.5) is 5.69 Å². The van der Waals surface area contributed by atoms with Crippen LogP contribution in [0.2, 0.25) is 5.02 Å². The summed E-state index contributed by atoms with van der Waals surface area (Å²) < 4.78 is 13.3. The second kappa shape index (κ2) is 11.6. The molecule has 1 aliphatic heterocycles. The average molecular weight is 575 g/mol. The number of nitrogens with one attached hydrogen (secondary N) is 1. The van der Waals surface area contributed by atoms with Gasteiger partial charge in [0.15, 0.2) is 5.11 Å². The van der Waals surface area contributed by atoms with Gasteiger partial charge in [-0.3, -0.25) is 4.98 Å². The molecular weight excluding hydrogens is 540 g/mol. The van der Waals surface area contributed by atoms with Crippen molar-refractivity contribution < 1.29 is 9.47 Å². The molecule has 2 atom stereocenters. The highest BCUT2D eigenvalue weighted by atomic mass is 35.5. The third-order valence-electron chi connectivity index (χ3n) is 7.48. The molecule has 40 heavy (non-hydrogen) atoms. The van der Waals surface area contributed by atoms with Crippen LogP contribution in [0.1, 0.15) is 51.4 Å². The highest BCUT2D eigenvalue weighted by molar-refractivity contribution is 7.80. The Bertz CT molecular complexity index is 1530. The van der Waals surface area contributed by atoms with Gasteiger partial charge >= 0.3 is 0 Å². The van der Waals surface area contributed by atoms with Gasteiger partial charge in [-0.25, -0.2) is 0 Å². The molecule has 0 amide bonds. The van der Waals surface area contributed by atoms with Crippen LogP contribution in [0.3, 0.4) is 0 Å². The zero-order valence-corrected chi connectivity index (χ0v) is 25.4. The fourth-order valence-electron chi connectivity index (χ4n) is 5.90. The Morgan fingerprint density at radius 2 is 1.73 bits per heavy atom. The van der Waals surface area contributed by atoms with Crippen molar-refractivity contribution >= 4 is 34.6 Å². The predicted octanol–water partition coefficient (Wildman–Crippen LogP) is 7.27. The molecule has 1 aliphatic rings. The van der Waals surface area contributed by atoms with Gasteiger partial charge in [-0.1, -0.05) is 35.4 Å². The zero-order chi connectivity index (χ0) is 28.6. The van der Waals surface area contributed by atoms with Gasteiger partial charge in [0.25, 0.3) is 0 Å². The van der Waals surface area contributed by atoms with Crippen LogP contribution < -0.4 is 15.0 Å². The molecule has 1 fully saturated rings. The lowest BCUT2D eigenvalue weighted by molar-refractivity contribution is 0.146. The molecule has 2 aromatic carbocycles. The monoisotopic (exact) mass is 574 g/mol. The first-order chi connectivity index (χ1) is 19.2. The number of nitrogens with zero attached hydrogens (tertiary/aromatic N) is 3. The van der Waals surface area contributed by atoms with Gasteiger partial charge in [0.2, 0.25) is 0 Å². The van der Waals surface area contributed by atoms with Crippen LogP contribution in [-0.4, -0.2) is 35.0 Å². The van der Waals surface area contributed by atoms with E-state index in [-0.39, 0.29) is 12.1 Å². The molecule has 208 valence electrons. The van der Waals surface area contributed by atoms with Gasteiger partial charge in [-0.05, 0) is 99.9 Å². The molecule has 0 saturated carbocycles. The van der Waals surface area contributed by atoms with Crippen LogP contribution in [0.15, 0.2) is 60.8 Å². The minimum Gasteiger partial charge on any atom is -0.490 e. The Hall–Kier alpha value is -3.39. The maximum atomic E-state index is 6.70. The smallest absolute Gasteiger partial charge is 0.174 e. The largest absolute Gasteiger partial charge is 0.490 e. The number of pyridine rings is 1. The summed E-state index contributed by atoms with van der Waals surface area (Å²) in [4.78, 5) is 6.87. The van der Waals surface area contributed by atoms with E-state index in [0.717, 1.165) is 11.4 Å². The SMILES string of the molecule is COCCOc1ccc(N2C(=S)N[C@@H](c3ccccn3)[C@H]2c2cc(C)n(-c3c(C)cc(C)cc3C)c2C)cc1Cl. The number of benzene rings is 2. The van der Waals surface area contributed by atoms with Crippen molar-refractivity contribution in [3.8, 4) is 11.4 Å². The topological polar surface area (TPSA) is 51.6 Å². The summed E-state index contributed by atoms with van der Waals surface area (Å²) in [6, 6.07) is 18.3. The Morgan fingerprint density at radius 1 is 0.975 bits per heavy atom. The van der Waals surface area contributed by atoms with Crippen molar-refractivity contribution in [2.45, 2.75) is 46.7 Å². The predicted molar refractivity (Wildman–Crippen MR) is 166 cm³/mol. The number of hydrogen-bond acceptors (Lipinski definition) is 4. The molecule has 4 aromatic rings. The third-order valence-corrected chi connectivity index (χ3v) is 8.09. The van der Waals surface area contributed by atoms with E-state index < -0.39 is 0 Å². The molecule has 8 heteroatoms. The number of halogens is 1. The van der Waals surface area contributed by atoms with Gasteiger partial charge < -0.3 is 24.3 Å². The standard InChI is InChI=1S/C32H35ClN4O2S/c1-19-15-20(2)30(21(3)16-19)36-22(4)17-25(23(36)5)31-29(27-9-7-8-12-34-27)35-32(40)37(31)24-10-11-28(26(33)18-24)39-14-13-38-6/h7-12,15-18,29,31H,13-14H2,1-6H3,(H,35,40)/t29-,31+/m0/s1. The van der Waals surface area contributed by atoms with Crippen LogP contribution in [0.5, 0.6) is 5.75 Å². The number of thiocarbonyl (C=S) groups is 1. The first kappa shape index (κ1) is 28.1. The van der Waals surface area contributed by atoms with Crippen LogP contribution >= 0.6 is 23.8 Å². The molecule has 2 aromatic heterocycles. The van der Waals surface area contributed by atoms with Crippen LogP contribution in [0.25, 0.3) is 5.69 Å².